The van der Waals surface area contributed by atoms with E-state index in [1.165, 1.54) is 0 Å². The number of pyridine rings is 1. The van der Waals surface area contributed by atoms with Gasteiger partial charge in [0, 0.05) is 6.07 Å². The van der Waals surface area contributed by atoms with E-state index in [-0.39, 0.29) is 35.3 Å². The van der Waals surface area contributed by atoms with Crippen molar-refractivity contribution < 1.29 is 38.4 Å². The lowest BCUT2D eigenvalue weighted by Gasteiger charge is -2.22. The molecule has 0 fully saturated rings. The summed E-state index contributed by atoms with van der Waals surface area (Å²) in [5, 5.41) is 12.3. The van der Waals surface area contributed by atoms with E-state index in [0.717, 1.165) is 0 Å². The Balaban J connectivity index is 0.00000289. The molecule has 0 aliphatic rings. The summed E-state index contributed by atoms with van der Waals surface area (Å²) >= 11 is 0. The summed E-state index contributed by atoms with van der Waals surface area (Å²) < 4.78 is 1.80. The van der Waals surface area contributed by atoms with Gasteiger partial charge in [-0.25, -0.2) is 4.57 Å². The molecule has 0 bridgehead atoms. The standard InChI is InChI=1S/C13H20N2O2.HI/c1-13(2,3)8-11(16)14-12(17)10-6-5-7-15(4)9-10;/h5-7,9,11,16H,8H2,1-4H3;1H. The summed E-state index contributed by atoms with van der Waals surface area (Å²) in [6.07, 6.45) is 3.28. The van der Waals surface area contributed by atoms with Gasteiger partial charge in [-0.15, -0.1) is 0 Å². The number of aryl methyl sites for hydroxylation is 1. The monoisotopic (exact) mass is 364 g/mol. The Morgan fingerprint density at radius 2 is 2.11 bits per heavy atom. The van der Waals surface area contributed by atoms with Crippen molar-refractivity contribution in [2.45, 2.75) is 33.4 Å². The molecule has 1 amide bonds. The van der Waals surface area contributed by atoms with Crippen LogP contribution in [0, 0.1) is 5.41 Å². The second kappa shape index (κ2) is 7.04. The maximum absolute atomic E-state index is 11.8. The van der Waals surface area contributed by atoms with Crippen molar-refractivity contribution in [2.75, 3.05) is 0 Å². The number of amides is 1. The Morgan fingerprint density at radius 3 is 2.61 bits per heavy atom. The topological polar surface area (TPSA) is 53.2 Å². The van der Waals surface area contributed by atoms with Crippen LogP contribution < -0.4 is 33.9 Å². The molecule has 1 aromatic heterocycles. The maximum atomic E-state index is 11.8. The van der Waals surface area contributed by atoms with Crippen LogP contribution in [0.15, 0.2) is 24.5 Å². The van der Waals surface area contributed by atoms with Gasteiger partial charge in [-0.05, 0) is 17.9 Å². The van der Waals surface area contributed by atoms with E-state index in [1.54, 1.807) is 22.9 Å². The number of nitrogens with one attached hydrogen (secondary N) is 1. The van der Waals surface area contributed by atoms with Crippen LogP contribution >= 0.6 is 0 Å². The van der Waals surface area contributed by atoms with Gasteiger partial charge >= 0.3 is 0 Å². The van der Waals surface area contributed by atoms with Gasteiger partial charge in [0.05, 0.1) is 0 Å². The number of carbonyl (C=O) groups excluding carboxylic acids is 1. The quantitative estimate of drug-likeness (QED) is 0.371. The lowest BCUT2D eigenvalue weighted by Crippen LogP contribution is -3.00. The molecule has 2 N–H and O–H groups in total. The van der Waals surface area contributed by atoms with E-state index in [9.17, 15) is 9.90 Å². The van der Waals surface area contributed by atoms with Gasteiger partial charge in [-0.1, -0.05) is 20.8 Å². The molecule has 1 atom stereocenters. The number of nitrogens with zero attached hydrogens (tertiary/aromatic N) is 1. The van der Waals surface area contributed by atoms with Crippen molar-refractivity contribution in [3.63, 3.8) is 0 Å². The van der Waals surface area contributed by atoms with E-state index >= 15 is 0 Å². The Bertz CT molecular complexity index is 402. The Labute approximate surface area is 125 Å². The Kier molecular flexibility index (Phi) is 6.77. The molecule has 0 saturated carbocycles. The number of aliphatic hydroxyl groups is 1. The van der Waals surface area contributed by atoms with Gasteiger partial charge in [-0.2, -0.15) is 0 Å². The predicted molar refractivity (Wildman–Crippen MR) is 65.2 cm³/mol. The third-order valence-corrected chi connectivity index (χ3v) is 2.31. The minimum absolute atomic E-state index is 0. The summed E-state index contributed by atoms with van der Waals surface area (Å²) in [5.41, 5.74) is 0.525. The molecule has 0 spiro atoms. The van der Waals surface area contributed by atoms with Crippen molar-refractivity contribution in [3.05, 3.63) is 30.1 Å². The largest absolute Gasteiger partial charge is 1.00 e. The van der Waals surface area contributed by atoms with E-state index in [2.05, 4.69) is 5.32 Å². The lowest BCUT2D eigenvalue weighted by molar-refractivity contribution is -0.671. The van der Waals surface area contributed by atoms with Crippen molar-refractivity contribution >= 4 is 5.91 Å². The highest BCUT2D eigenvalue weighted by atomic mass is 127. The van der Waals surface area contributed by atoms with Crippen LogP contribution in [-0.4, -0.2) is 17.2 Å². The highest BCUT2D eigenvalue weighted by molar-refractivity contribution is 5.93. The van der Waals surface area contributed by atoms with Gasteiger partial charge in [0.1, 0.15) is 18.8 Å². The number of aliphatic hydroxyl groups excluding tert-OH is 1. The first-order valence-electron chi connectivity index (χ1n) is 5.72. The number of aromatic nitrogens is 1. The molecule has 0 aliphatic carbocycles. The molecule has 1 rings (SSSR count). The van der Waals surface area contributed by atoms with E-state index in [0.29, 0.717) is 12.0 Å². The summed E-state index contributed by atoms with van der Waals surface area (Å²) in [6.45, 7) is 6.06. The zero-order valence-corrected chi connectivity index (χ0v) is 13.4. The van der Waals surface area contributed by atoms with Crippen LogP contribution in [0.5, 0.6) is 0 Å². The Hall–Kier alpha value is -0.690. The molecule has 1 heterocycles. The summed E-state index contributed by atoms with van der Waals surface area (Å²) in [6, 6.07) is 3.52. The average Bonchev–Trinajstić information content (AvgIpc) is 2.14. The molecule has 0 aromatic carbocycles. The van der Waals surface area contributed by atoms with E-state index in [4.69, 9.17) is 0 Å². The van der Waals surface area contributed by atoms with Crippen molar-refractivity contribution in [3.8, 4) is 0 Å². The number of hydrogen-bond donors (Lipinski definition) is 2. The first-order valence-corrected chi connectivity index (χ1v) is 5.72. The highest BCUT2D eigenvalue weighted by Gasteiger charge is 2.19. The Morgan fingerprint density at radius 1 is 1.50 bits per heavy atom. The van der Waals surface area contributed by atoms with Crippen LogP contribution in [-0.2, 0) is 7.05 Å². The molecule has 102 valence electrons. The molecule has 1 aromatic rings. The zero-order valence-electron chi connectivity index (χ0n) is 11.3. The molecule has 0 aliphatic heterocycles. The third-order valence-electron chi connectivity index (χ3n) is 2.31. The molecule has 18 heavy (non-hydrogen) atoms. The molecule has 0 radical (unpaired) electrons. The van der Waals surface area contributed by atoms with Gasteiger partial charge in [0.2, 0.25) is 0 Å². The maximum Gasteiger partial charge on any atom is 0.259 e. The first kappa shape index (κ1) is 17.3. The van der Waals surface area contributed by atoms with Gasteiger partial charge < -0.3 is 34.4 Å². The number of halogens is 1. The van der Waals surface area contributed by atoms with E-state index < -0.39 is 6.23 Å². The van der Waals surface area contributed by atoms with E-state index in [1.807, 2.05) is 34.0 Å². The minimum atomic E-state index is -0.812. The number of hydrogen-bond acceptors (Lipinski definition) is 2. The van der Waals surface area contributed by atoms with Crippen molar-refractivity contribution in [1.82, 2.24) is 5.32 Å². The smallest absolute Gasteiger partial charge is 0.259 e. The number of carbonyl (C=O) groups is 1. The van der Waals surface area contributed by atoms with Crippen molar-refractivity contribution in [1.29, 1.82) is 0 Å². The second-order valence-corrected chi connectivity index (χ2v) is 5.51. The summed E-state index contributed by atoms with van der Waals surface area (Å²) in [5.74, 6) is -0.252. The summed E-state index contributed by atoms with van der Waals surface area (Å²) in [4.78, 5) is 11.8. The highest BCUT2D eigenvalue weighted by Crippen LogP contribution is 2.19. The van der Waals surface area contributed by atoms with Gasteiger partial charge in [-0.3, -0.25) is 4.79 Å². The van der Waals surface area contributed by atoms with Crippen LogP contribution in [0.3, 0.4) is 0 Å². The first-order chi connectivity index (χ1) is 7.78. The SMILES string of the molecule is C[n+]1cccc(C(=O)NC(O)CC(C)(C)C)c1.[I-]. The fourth-order valence-corrected chi connectivity index (χ4v) is 1.59. The molecule has 1 unspecified atom stereocenters. The van der Waals surface area contributed by atoms with Gasteiger partial charge in [0.25, 0.3) is 5.91 Å². The van der Waals surface area contributed by atoms with Crippen LogP contribution in [0.25, 0.3) is 0 Å². The van der Waals surface area contributed by atoms with Crippen LogP contribution in [0.1, 0.15) is 37.6 Å². The third kappa shape index (κ3) is 6.30. The molecular weight excluding hydrogens is 343 g/mol. The molecule has 4 nitrogen and oxygen atoms in total. The second-order valence-electron chi connectivity index (χ2n) is 5.51. The molecule has 5 heteroatoms. The average molecular weight is 364 g/mol. The molecular formula is C13H21IN2O2. The van der Waals surface area contributed by atoms with Crippen LogP contribution in [0.2, 0.25) is 0 Å². The predicted octanol–water partition coefficient (Wildman–Crippen LogP) is -2.00. The van der Waals surface area contributed by atoms with Gasteiger partial charge in [0.15, 0.2) is 12.4 Å². The normalized spacial score (nSPS) is 12.5. The lowest BCUT2D eigenvalue weighted by atomic mass is 9.91. The summed E-state index contributed by atoms with van der Waals surface area (Å²) in [7, 11) is 1.85. The van der Waals surface area contributed by atoms with Crippen LogP contribution in [0.4, 0.5) is 0 Å². The minimum Gasteiger partial charge on any atom is -1.00 e. The van der Waals surface area contributed by atoms with Crippen molar-refractivity contribution in [2.24, 2.45) is 12.5 Å². The fraction of sp³-hybridized carbons (Fsp3) is 0.538. The number of rotatable bonds is 3. The zero-order chi connectivity index (χ0) is 13.1. The molecule has 0 saturated heterocycles. The fourth-order valence-electron chi connectivity index (χ4n) is 1.59.